The van der Waals surface area contributed by atoms with E-state index < -0.39 is 30.1 Å². The summed E-state index contributed by atoms with van der Waals surface area (Å²) < 4.78 is 10.9. The third kappa shape index (κ3) is 7.03. The van der Waals surface area contributed by atoms with Crippen molar-refractivity contribution in [1.82, 2.24) is 15.5 Å². The van der Waals surface area contributed by atoms with Crippen LogP contribution >= 0.6 is 0 Å². The second kappa shape index (κ2) is 12.3. The molecular weight excluding hydrogens is 450 g/mol. The van der Waals surface area contributed by atoms with Crippen LogP contribution in [0.4, 0.5) is 4.79 Å². The lowest BCUT2D eigenvalue weighted by atomic mass is 9.98. The maximum atomic E-state index is 12.8. The first-order valence-corrected chi connectivity index (χ1v) is 11.7. The molecule has 9 heteroatoms. The highest BCUT2D eigenvalue weighted by Crippen LogP contribution is 2.44. The second-order valence-electron chi connectivity index (χ2n) is 8.71. The number of ether oxygens (including phenoxy) is 2. The van der Waals surface area contributed by atoms with Crippen LogP contribution in [0.25, 0.3) is 11.1 Å². The SMILES string of the molecule is CCOC(CNC(=O)[C@H](CN(C)C)NC(=O)OCC1c2ccccc2-c2ccccc21)CC(=O)O. The lowest BCUT2D eigenvalue weighted by Crippen LogP contribution is -2.53. The van der Waals surface area contributed by atoms with Crippen LogP contribution in [0.1, 0.15) is 30.4 Å². The molecule has 0 heterocycles. The van der Waals surface area contributed by atoms with Gasteiger partial charge in [-0.1, -0.05) is 48.5 Å². The van der Waals surface area contributed by atoms with E-state index in [-0.39, 0.29) is 32.0 Å². The van der Waals surface area contributed by atoms with Crippen molar-refractivity contribution in [2.75, 3.05) is 40.4 Å². The minimum absolute atomic E-state index is 0.0231. The number of likely N-dealkylation sites (N-methyl/N-ethyl adjacent to an activating group) is 1. The molecule has 3 N–H and O–H groups in total. The van der Waals surface area contributed by atoms with Gasteiger partial charge in [0.1, 0.15) is 12.6 Å². The molecule has 1 aliphatic rings. The Labute approximate surface area is 205 Å². The maximum absolute atomic E-state index is 12.8. The van der Waals surface area contributed by atoms with E-state index in [1.165, 1.54) is 0 Å². The first-order valence-electron chi connectivity index (χ1n) is 11.7. The molecule has 2 aromatic rings. The Balaban J connectivity index is 1.61. The molecule has 35 heavy (non-hydrogen) atoms. The summed E-state index contributed by atoms with van der Waals surface area (Å²) in [4.78, 5) is 38.2. The lowest BCUT2D eigenvalue weighted by Gasteiger charge is -2.23. The number of nitrogens with one attached hydrogen (secondary N) is 2. The van der Waals surface area contributed by atoms with E-state index in [1.54, 1.807) is 25.9 Å². The van der Waals surface area contributed by atoms with E-state index in [0.29, 0.717) is 6.61 Å². The van der Waals surface area contributed by atoms with Gasteiger partial charge in [-0.3, -0.25) is 9.59 Å². The molecule has 2 atom stereocenters. The van der Waals surface area contributed by atoms with E-state index in [2.05, 4.69) is 22.8 Å². The minimum Gasteiger partial charge on any atom is -0.481 e. The first-order chi connectivity index (χ1) is 16.8. The van der Waals surface area contributed by atoms with Gasteiger partial charge in [0.05, 0.1) is 12.5 Å². The third-order valence-corrected chi connectivity index (χ3v) is 5.81. The number of amides is 2. The zero-order valence-corrected chi connectivity index (χ0v) is 20.3. The molecule has 2 amide bonds. The van der Waals surface area contributed by atoms with Crippen LogP contribution in [0.2, 0.25) is 0 Å². The predicted molar refractivity (Wildman–Crippen MR) is 131 cm³/mol. The number of hydrogen-bond acceptors (Lipinski definition) is 6. The van der Waals surface area contributed by atoms with Crippen LogP contribution in [-0.4, -0.2) is 80.5 Å². The molecule has 2 aromatic carbocycles. The summed E-state index contributed by atoms with van der Waals surface area (Å²) in [5.41, 5.74) is 4.47. The van der Waals surface area contributed by atoms with Crippen LogP contribution in [0.5, 0.6) is 0 Å². The highest BCUT2D eigenvalue weighted by molar-refractivity contribution is 5.86. The standard InChI is InChI=1S/C26H33N3O6/c1-4-34-17(13-24(30)31)14-27-25(32)23(15-29(2)3)28-26(33)35-16-22-20-11-7-5-9-18(20)19-10-6-8-12-21(19)22/h5-12,17,22-23H,4,13-16H2,1-3H3,(H,27,32)(H,28,33)(H,30,31)/t17?,23-/m0/s1. The topological polar surface area (TPSA) is 117 Å². The highest BCUT2D eigenvalue weighted by Gasteiger charge is 2.30. The van der Waals surface area contributed by atoms with Crippen LogP contribution < -0.4 is 10.6 Å². The van der Waals surface area contributed by atoms with Gasteiger partial charge in [0.25, 0.3) is 0 Å². The smallest absolute Gasteiger partial charge is 0.407 e. The maximum Gasteiger partial charge on any atom is 0.407 e. The van der Waals surface area contributed by atoms with E-state index in [9.17, 15) is 14.4 Å². The zero-order chi connectivity index (χ0) is 25.4. The fourth-order valence-corrected chi connectivity index (χ4v) is 4.30. The molecule has 0 aromatic heterocycles. The average molecular weight is 484 g/mol. The van der Waals surface area contributed by atoms with Gasteiger partial charge in [0.2, 0.25) is 5.91 Å². The van der Waals surface area contributed by atoms with Crippen molar-refractivity contribution >= 4 is 18.0 Å². The number of carbonyl (C=O) groups excluding carboxylic acids is 2. The number of hydrogen-bond donors (Lipinski definition) is 3. The van der Waals surface area contributed by atoms with Crippen molar-refractivity contribution in [2.24, 2.45) is 0 Å². The summed E-state index contributed by atoms with van der Waals surface area (Å²) in [6.45, 7) is 2.49. The van der Waals surface area contributed by atoms with E-state index in [0.717, 1.165) is 22.3 Å². The van der Waals surface area contributed by atoms with Crippen molar-refractivity contribution in [3.05, 3.63) is 59.7 Å². The quantitative estimate of drug-likeness (QED) is 0.425. The number of nitrogens with zero attached hydrogens (tertiary/aromatic N) is 1. The van der Waals surface area contributed by atoms with Crippen LogP contribution in [0, 0.1) is 0 Å². The highest BCUT2D eigenvalue weighted by atomic mass is 16.5. The van der Waals surface area contributed by atoms with E-state index in [4.69, 9.17) is 14.6 Å². The Morgan fingerprint density at radius 1 is 1.03 bits per heavy atom. The Morgan fingerprint density at radius 3 is 2.17 bits per heavy atom. The number of carboxylic acid groups (broad SMARTS) is 1. The Hall–Kier alpha value is -3.43. The molecule has 0 aliphatic heterocycles. The predicted octanol–water partition coefficient (Wildman–Crippen LogP) is 2.45. The molecule has 3 rings (SSSR count). The Kier molecular flexibility index (Phi) is 9.22. The Bertz CT molecular complexity index is 996. The molecule has 0 saturated carbocycles. The lowest BCUT2D eigenvalue weighted by molar-refractivity contribution is -0.140. The van der Waals surface area contributed by atoms with E-state index >= 15 is 0 Å². The molecule has 0 spiro atoms. The summed E-state index contributed by atoms with van der Waals surface area (Å²) in [6, 6.07) is 15.2. The van der Waals surface area contributed by atoms with Gasteiger partial charge in [-0.05, 0) is 43.3 Å². The number of alkyl carbamates (subject to hydrolysis) is 1. The molecule has 9 nitrogen and oxygen atoms in total. The molecule has 0 fully saturated rings. The van der Waals surface area contributed by atoms with Gasteiger partial charge < -0.3 is 30.1 Å². The van der Waals surface area contributed by atoms with Gasteiger partial charge in [-0.2, -0.15) is 0 Å². The normalized spacial score (nSPS) is 14.1. The average Bonchev–Trinajstić information content (AvgIpc) is 3.14. The minimum atomic E-state index is -1.01. The summed E-state index contributed by atoms with van der Waals surface area (Å²) in [6.07, 6.45) is -1.58. The second-order valence-corrected chi connectivity index (χ2v) is 8.71. The number of carboxylic acids is 1. The fourth-order valence-electron chi connectivity index (χ4n) is 4.30. The van der Waals surface area contributed by atoms with Gasteiger partial charge in [-0.25, -0.2) is 4.79 Å². The van der Waals surface area contributed by atoms with Crippen molar-refractivity contribution in [3.8, 4) is 11.1 Å². The van der Waals surface area contributed by atoms with Gasteiger partial charge >= 0.3 is 12.1 Å². The van der Waals surface area contributed by atoms with Crippen LogP contribution in [0.3, 0.4) is 0 Å². The van der Waals surface area contributed by atoms with Gasteiger partial charge in [0.15, 0.2) is 0 Å². The molecule has 0 saturated heterocycles. The summed E-state index contributed by atoms with van der Waals surface area (Å²) in [5, 5.41) is 14.3. The van der Waals surface area contributed by atoms with Gasteiger partial charge in [0, 0.05) is 25.6 Å². The first kappa shape index (κ1) is 26.2. The summed E-state index contributed by atoms with van der Waals surface area (Å²) in [5.74, 6) is -1.54. The van der Waals surface area contributed by atoms with E-state index in [1.807, 2.05) is 36.4 Å². The summed E-state index contributed by atoms with van der Waals surface area (Å²) >= 11 is 0. The van der Waals surface area contributed by atoms with Crippen molar-refractivity contribution in [2.45, 2.75) is 31.4 Å². The van der Waals surface area contributed by atoms with Gasteiger partial charge in [-0.15, -0.1) is 0 Å². The monoisotopic (exact) mass is 483 g/mol. The molecule has 0 radical (unpaired) electrons. The number of benzene rings is 2. The number of carbonyl (C=O) groups is 3. The third-order valence-electron chi connectivity index (χ3n) is 5.81. The molecule has 1 unspecified atom stereocenters. The number of fused-ring (bicyclic) bond motifs is 3. The van der Waals surface area contributed by atoms with Crippen molar-refractivity contribution in [1.29, 1.82) is 0 Å². The largest absolute Gasteiger partial charge is 0.481 e. The number of rotatable bonds is 12. The van der Waals surface area contributed by atoms with Crippen molar-refractivity contribution in [3.63, 3.8) is 0 Å². The molecule has 1 aliphatic carbocycles. The van der Waals surface area contributed by atoms with Crippen molar-refractivity contribution < 1.29 is 29.0 Å². The zero-order valence-electron chi connectivity index (χ0n) is 20.3. The molecule has 0 bridgehead atoms. The van der Waals surface area contributed by atoms with Crippen LogP contribution in [-0.2, 0) is 19.1 Å². The number of aliphatic carboxylic acids is 1. The molecule has 188 valence electrons. The van der Waals surface area contributed by atoms with Crippen LogP contribution in [0.15, 0.2) is 48.5 Å². The Morgan fingerprint density at radius 2 is 1.63 bits per heavy atom. The summed E-state index contributed by atoms with van der Waals surface area (Å²) in [7, 11) is 3.57. The molecular formula is C26H33N3O6. The fraction of sp³-hybridized carbons (Fsp3) is 0.423.